The highest BCUT2D eigenvalue weighted by atomic mass is 15.3. The fourth-order valence-electron chi connectivity index (χ4n) is 2.95. The smallest absolute Gasteiger partial charge is 0.191 e. The molecule has 0 atom stereocenters. The highest BCUT2D eigenvalue weighted by molar-refractivity contribution is 5.79. The van der Waals surface area contributed by atoms with Crippen molar-refractivity contribution in [3.05, 3.63) is 83.4 Å². The molecular weight excluding hydrogens is 336 g/mol. The van der Waals surface area contributed by atoms with Crippen LogP contribution in [0.1, 0.15) is 22.3 Å². The molecule has 3 aromatic rings. The first-order chi connectivity index (χ1) is 13.3. The Hall–Kier alpha value is -3.15. The molecule has 0 unspecified atom stereocenters. The number of hydrogen-bond donors (Lipinski definition) is 2. The number of nitrogens with zero attached hydrogens (tertiary/aromatic N) is 4. The molecule has 2 heterocycles. The van der Waals surface area contributed by atoms with Crippen molar-refractivity contribution in [3.63, 3.8) is 0 Å². The predicted octanol–water partition coefficient (Wildman–Crippen LogP) is 2.54. The summed E-state index contributed by atoms with van der Waals surface area (Å²) in [6.45, 7) is 4.38. The van der Waals surface area contributed by atoms with Gasteiger partial charge in [-0.25, -0.2) is 0 Å². The lowest BCUT2D eigenvalue weighted by atomic mass is 10.1. The van der Waals surface area contributed by atoms with Crippen LogP contribution in [0, 0.1) is 6.92 Å². The SMILES string of the molecule is CN=C(NCCc1ccncc1C)NCc1ccccc1Cn1cccn1. The van der Waals surface area contributed by atoms with E-state index in [1.54, 1.807) is 13.2 Å². The minimum atomic E-state index is 0.714. The first kappa shape index (κ1) is 18.6. The highest BCUT2D eigenvalue weighted by Crippen LogP contribution is 2.10. The van der Waals surface area contributed by atoms with E-state index in [0.29, 0.717) is 6.54 Å². The van der Waals surface area contributed by atoms with E-state index in [0.717, 1.165) is 25.5 Å². The highest BCUT2D eigenvalue weighted by Gasteiger charge is 2.05. The van der Waals surface area contributed by atoms with E-state index in [9.17, 15) is 0 Å². The molecule has 0 bridgehead atoms. The number of hydrogen-bond acceptors (Lipinski definition) is 3. The fraction of sp³-hybridized carbons (Fsp3) is 0.286. The van der Waals surface area contributed by atoms with Gasteiger partial charge < -0.3 is 10.6 Å². The first-order valence-corrected chi connectivity index (χ1v) is 9.14. The van der Waals surface area contributed by atoms with E-state index >= 15 is 0 Å². The number of aromatic nitrogens is 3. The van der Waals surface area contributed by atoms with Crippen molar-refractivity contribution < 1.29 is 0 Å². The van der Waals surface area contributed by atoms with Gasteiger partial charge in [-0.3, -0.25) is 14.7 Å². The first-order valence-electron chi connectivity index (χ1n) is 9.14. The van der Waals surface area contributed by atoms with Crippen LogP contribution in [0.15, 0.2) is 66.2 Å². The quantitative estimate of drug-likeness (QED) is 0.501. The molecule has 0 spiro atoms. The summed E-state index contributed by atoms with van der Waals surface area (Å²) in [5.41, 5.74) is 5.00. The van der Waals surface area contributed by atoms with E-state index in [4.69, 9.17) is 0 Å². The summed E-state index contributed by atoms with van der Waals surface area (Å²) < 4.78 is 1.93. The van der Waals surface area contributed by atoms with Gasteiger partial charge in [0.2, 0.25) is 0 Å². The third-order valence-electron chi connectivity index (χ3n) is 4.50. The Kier molecular flexibility index (Phi) is 6.57. The maximum atomic E-state index is 4.33. The summed E-state index contributed by atoms with van der Waals surface area (Å²) in [7, 11) is 1.79. The zero-order valence-corrected chi connectivity index (χ0v) is 15.9. The van der Waals surface area contributed by atoms with Gasteiger partial charge in [0.1, 0.15) is 0 Å². The van der Waals surface area contributed by atoms with Crippen molar-refractivity contribution in [3.8, 4) is 0 Å². The van der Waals surface area contributed by atoms with Gasteiger partial charge in [-0.2, -0.15) is 5.10 Å². The molecule has 1 aromatic carbocycles. The minimum Gasteiger partial charge on any atom is -0.356 e. The Morgan fingerprint density at radius 2 is 1.89 bits per heavy atom. The zero-order chi connectivity index (χ0) is 18.9. The average molecular weight is 362 g/mol. The Labute approximate surface area is 160 Å². The number of aliphatic imine (C=N–C) groups is 1. The molecule has 2 N–H and O–H groups in total. The summed E-state index contributed by atoms with van der Waals surface area (Å²) in [6.07, 6.45) is 8.46. The van der Waals surface area contributed by atoms with E-state index in [1.165, 1.54) is 22.3 Å². The van der Waals surface area contributed by atoms with Crippen LogP contribution in [-0.4, -0.2) is 34.3 Å². The van der Waals surface area contributed by atoms with E-state index in [-0.39, 0.29) is 0 Å². The van der Waals surface area contributed by atoms with Gasteiger partial charge in [-0.05, 0) is 47.7 Å². The van der Waals surface area contributed by atoms with Crippen LogP contribution in [0.25, 0.3) is 0 Å². The van der Waals surface area contributed by atoms with Crippen molar-refractivity contribution in [2.45, 2.75) is 26.4 Å². The number of pyridine rings is 1. The van der Waals surface area contributed by atoms with Crippen LogP contribution in [0.3, 0.4) is 0 Å². The van der Waals surface area contributed by atoms with E-state index in [2.05, 4.69) is 63.0 Å². The Morgan fingerprint density at radius 1 is 1.04 bits per heavy atom. The number of aryl methyl sites for hydroxylation is 1. The monoisotopic (exact) mass is 362 g/mol. The maximum absolute atomic E-state index is 4.33. The molecule has 0 aliphatic rings. The lowest BCUT2D eigenvalue weighted by Gasteiger charge is -2.15. The fourth-order valence-corrected chi connectivity index (χ4v) is 2.95. The van der Waals surface area contributed by atoms with Crippen LogP contribution in [0.4, 0.5) is 0 Å². The van der Waals surface area contributed by atoms with Gasteiger partial charge >= 0.3 is 0 Å². The van der Waals surface area contributed by atoms with Crippen LogP contribution < -0.4 is 10.6 Å². The maximum Gasteiger partial charge on any atom is 0.191 e. The summed E-state index contributed by atoms with van der Waals surface area (Å²) in [6, 6.07) is 12.4. The molecule has 0 amide bonds. The summed E-state index contributed by atoms with van der Waals surface area (Å²) in [5.74, 6) is 0.801. The minimum absolute atomic E-state index is 0.714. The molecule has 27 heavy (non-hydrogen) atoms. The molecular formula is C21H26N6. The van der Waals surface area contributed by atoms with Crippen LogP contribution in [-0.2, 0) is 19.5 Å². The number of rotatable bonds is 7. The molecule has 0 aliphatic heterocycles. The van der Waals surface area contributed by atoms with Crippen molar-refractivity contribution in [1.29, 1.82) is 0 Å². The zero-order valence-electron chi connectivity index (χ0n) is 15.9. The predicted molar refractivity (Wildman–Crippen MR) is 109 cm³/mol. The Bertz CT molecular complexity index is 870. The molecule has 0 fully saturated rings. The second-order valence-corrected chi connectivity index (χ2v) is 6.38. The standard InChI is InChI=1S/C21H26N6/c1-17-14-23-11-8-18(17)9-12-24-21(22-2)25-15-19-6-3-4-7-20(19)16-27-13-5-10-26-27/h3-8,10-11,13-14H,9,12,15-16H2,1-2H3,(H2,22,24,25). The molecule has 2 aromatic heterocycles. The summed E-state index contributed by atoms with van der Waals surface area (Å²) in [5, 5.41) is 11.1. The third-order valence-corrected chi connectivity index (χ3v) is 4.50. The largest absolute Gasteiger partial charge is 0.356 e. The van der Waals surface area contributed by atoms with Gasteiger partial charge in [0.05, 0.1) is 6.54 Å². The van der Waals surface area contributed by atoms with E-state index < -0.39 is 0 Å². The van der Waals surface area contributed by atoms with Gasteiger partial charge in [-0.1, -0.05) is 24.3 Å². The molecule has 0 saturated heterocycles. The molecule has 0 aliphatic carbocycles. The molecule has 0 radical (unpaired) electrons. The topological polar surface area (TPSA) is 67.1 Å². The van der Waals surface area contributed by atoms with Crippen molar-refractivity contribution >= 4 is 5.96 Å². The lowest BCUT2D eigenvalue weighted by Crippen LogP contribution is -2.38. The van der Waals surface area contributed by atoms with E-state index in [1.807, 2.05) is 29.3 Å². The number of benzene rings is 1. The van der Waals surface area contributed by atoms with Gasteiger partial charge in [0.25, 0.3) is 0 Å². The summed E-state index contributed by atoms with van der Waals surface area (Å²) >= 11 is 0. The van der Waals surface area contributed by atoms with Crippen LogP contribution in [0.2, 0.25) is 0 Å². The average Bonchev–Trinajstić information content (AvgIpc) is 3.20. The molecule has 3 rings (SSSR count). The Balaban J connectivity index is 1.53. The van der Waals surface area contributed by atoms with Crippen molar-refractivity contribution in [2.75, 3.05) is 13.6 Å². The second-order valence-electron chi connectivity index (χ2n) is 6.38. The second kappa shape index (κ2) is 9.52. The molecule has 6 heteroatoms. The normalized spacial score (nSPS) is 11.4. The van der Waals surface area contributed by atoms with Crippen LogP contribution >= 0.6 is 0 Å². The molecule has 0 saturated carbocycles. The third kappa shape index (κ3) is 5.41. The lowest BCUT2D eigenvalue weighted by molar-refractivity contribution is 0.677. The molecule has 140 valence electrons. The number of nitrogens with one attached hydrogen (secondary N) is 2. The van der Waals surface area contributed by atoms with Crippen molar-refractivity contribution in [1.82, 2.24) is 25.4 Å². The van der Waals surface area contributed by atoms with Gasteiger partial charge in [-0.15, -0.1) is 0 Å². The summed E-state index contributed by atoms with van der Waals surface area (Å²) in [4.78, 5) is 8.47. The van der Waals surface area contributed by atoms with Crippen molar-refractivity contribution in [2.24, 2.45) is 4.99 Å². The van der Waals surface area contributed by atoms with Crippen LogP contribution in [0.5, 0.6) is 0 Å². The molecule has 6 nitrogen and oxygen atoms in total. The number of guanidine groups is 1. The van der Waals surface area contributed by atoms with Gasteiger partial charge in [0.15, 0.2) is 5.96 Å². The van der Waals surface area contributed by atoms with Gasteiger partial charge in [0, 0.05) is 44.9 Å². The Morgan fingerprint density at radius 3 is 2.63 bits per heavy atom.